The molecule has 0 fully saturated rings. The quantitative estimate of drug-likeness (QED) is 0.348. The molecule has 3 amide bonds. The number of anilines is 1. The van der Waals surface area contributed by atoms with Crippen molar-refractivity contribution >= 4 is 23.4 Å². The number of fused-ring (bicyclic) bond motifs is 1. The fourth-order valence-electron chi connectivity index (χ4n) is 4.35. The number of unbranched alkanes of at least 4 members (excludes halogenated alkanes) is 2. The van der Waals surface area contributed by atoms with Gasteiger partial charge in [-0.1, -0.05) is 30.7 Å². The van der Waals surface area contributed by atoms with E-state index in [4.69, 9.17) is 4.74 Å². The van der Waals surface area contributed by atoms with Crippen molar-refractivity contribution in [3.8, 4) is 5.75 Å². The molecule has 0 saturated heterocycles. The van der Waals surface area contributed by atoms with Gasteiger partial charge >= 0.3 is 0 Å². The molecular formula is C27H30N4O4. The number of imide groups is 1. The summed E-state index contributed by atoms with van der Waals surface area (Å²) in [5.74, 6) is 0.249. The highest BCUT2D eigenvalue weighted by molar-refractivity contribution is 6.21. The van der Waals surface area contributed by atoms with Gasteiger partial charge in [-0.15, -0.1) is 0 Å². The number of ether oxygens (including phenoxy) is 1. The fraction of sp³-hybridized carbons (Fsp3) is 0.333. The van der Waals surface area contributed by atoms with Crippen molar-refractivity contribution < 1.29 is 19.1 Å². The van der Waals surface area contributed by atoms with Gasteiger partial charge in [-0.25, -0.2) is 0 Å². The van der Waals surface area contributed by atoms with Crippen LogP contribution in [-0.4, -0.2) is 46.1 Å². The number of hydrogen-bond acceptors (Lipinski definition) is 5. The standard InChI is InChI=1S/C27H30N4O4/c1-18-25(19(2)31(29-18)17-20-10-9-11-21(16-20)35-3)28-24(32)14-5-4-8-15-30-26(33)22-12-6-7-13-23(22)27(30)34/h6-7,9-13,16H,4-5,8,14-15,17H2,1-3H3,(H,28,32). The maximum atomic E-state index is 12.6. The molecule has 4 rings (SSSR count). The Morgan fingerprint density at radius 1 is 0.971 bits per heavy atom. The number of aromatic nitrogens is 2. The molecule has 8 nitrogen and oxygen atoms in total. The van der Waals surface area contributed by atoms with Crippen LogP contribution in [0.1, 0.15) is 63.4 Å². The van der Waals surface area contributed by atoms with E-state index in [-0.39, 0.29) is 17.7 Å². The Bertz CT molecular complexity index is 1230. The van der Waals surface area contributed by atoms with Gasteiger partial charge < -0.3 is 10.1 Å². The van der Waals surface area contributed by atoms with Gasteiger partial charge in [-0.3, -0.25) is 24.0 Å². The average molecular weight is 475 g/mol. The lowest BCUT2D eigenvalue weighted by Crippen LogP contribution is -2.30. The van der Waals surface area contributed by atoms with E-state index in [0.29, 0.717) is 43.5 Å². The second-order valence-electron chi connectivity index (χ2n) is 8.72. The molecule has 0 spiro atoms. The highest BCUT2D eigenvalue weighted by atomic mass is 16.5. The van der Waals surface area contributed by atoms with E-state index < -0.39 is 0 Å². The van der Waals surface area contributed by atoms with Crippen molar-refractivity contribution in [3.05, 3.63) is 76.6 Å². The molecule has 2 heterocycles. The van der Waals surface area contributed by atoms with Crippen molar-refractivity contribution in [2.75, 3.05) is 19.0 Å². The second-order valence-corrected chi connectivity index (χ2v) is 8.72. The highest BCUT2D eigenvalue weighted by Gasteiger charge is 2.34. The van der Waals surface area contributed by atoms with E-state index in [1.165, 1.54) is 4.90 Å². The number of benzene rings is 2. The Hall–Kier alpha value is -3.94. The number of nitrogens with zero attached hydrogens (tertiary/aromatic N) is 3. The molecule has 1 aliphatic rings. The number of aryl methyl sites for hydroxylation is 1. The van der Waals surface area contributed by atoms with Crippen LogP contribution in [0.15, 0.2) is 48.5 Å². The fourth-order valence-corrected chi connectivity index (χ4v) is 4.35. The van der Waals surface area contributed by atoms with E-state index in [9.17, 15) is 14.4 Å². The first-order chi connectivity index (χ1) is 16.9. The van der Waals surface area contributed by atoms with Crippen LogP contribution in [0.3, 0.4) is 0 Å². The zero-order valence-electron chi connectivity index (χ0n) is 20.3. The van der Waals surface area contributed by atoms with Crippen molar-refractivity contribution in [2.24, 2.45) is 0 Å². The first kappa shape index (κ1) is 24.2. The summed E-state index contributed by atoms with van der Waals surface area (Å²) in [5.41, 5.74) is 4.40. The molecule has 0 saturated carbocycles. The minimum absolute atomic E-state index is 0.0714. The smallest absolute Gasteiger partial charge is 0.261 e. The van der Waals surface area contributed by atoms with Gasteiger partial charge in [0, 0.05) is 13.0 Å². The van der Waals surface area contributed by atoms with Crippen LogP contribution >= 0.6 is 0 Å². The monoisotopic (exact) mass is 474 g/mol. The predicted octanol–water partition coefficient (Wildman–Crippen LogP) is 4.35. The molecular weight excluding hydrogens is 444 g/mol. The Morgan fingerprint density at radius 3 is 2.37 bits per heavy atom. The zero-order valence-corrected chi connectivity index (χ0v) is 20.3. The summed E-state index contributed by atoms with van der Waals surface area (Å²) in [5, 5.41) is 7.59. The van der Waals surface area contributed by atoms with Crippen LogP contribution in [0.25, 0.3) is 0 Å². The molecule has 2 aromatic carbocycles. The minimum atomic E-state index is -0.236. The third-order valence-corrected chi connectivity index (χ3v) is 6.28. The number of rotatable bonds is 10. The topological polar surface area (TPSA) is 93.5 Å². The van der Waals surface area contributed by atoms with Gasteiger partial charge in [0.1, 0.15) is 5.75 Å². The third kappa shape index (κ3) is 5.26. The van der Waals surface area contributed by atoms with Crippen molar-refractivity contribution in [1.82, 2.24) is 14.7 Å². The molecule has 1 aromatic heterocycles. The first-order valence-electron chi connectivity index (χ1n) is 11.8. The zero-order chi connectivity index (χ0) is 24.9. The van der Waals surface area contributed by atoms with Crippen LogP contribution in [0.4, 0.5) is 5.69 Å². The molecule has 182 valence electrons. The highest BCUT2D eigenvalue weighted by Crippen LogP contribution is 2.24. The summed E-state index contributed by atoms with van der Waals surface area (Å²) in [6.07, 6.45) is 2.44. The van der Waals surface area contributed by atoms with E-state index >= 15 is 0 Å². The summed E-state index contributed by atoms with van der Waals surface area (Å²) in [6, 6.07) is 14.7. The second kappa shape index (κ2) is 10.5. The number of nitrogens with one attached hydrogen (secondary N) is 1. The van der Waals surface area contributed by atoms with Gasteiger partial charge in [0.2, 0.25) is 5.91 Å². The number of amides is 3. The van der Waals surface area contributed by atoms with Crippen molar-refractivity contribution in [1.29, 1.82) is 0 Å². The predicted molar refractivity (Wildman–Crippen MR) is 133 cm³/mol. The molecule has 3 aromatic rings. The van der Waals surface area contributed by atoms with Crippen LogP contribution in [0.5, 0.6) is 5.75 Å². The largest absolute Gasteiger partial charge is 0.497 e. The lowest BCUT2D eigenvalue weighted by atomic mass is 10.1. The molecule has 0 atom stereocenters. The Balaban J connectivity index is 1.24. The summed E-state index contributed by atoms with van der Waals surface area (Å²) >= 11 is 0. The normalized spacial score (nSPS) is 12.7. The molecule has 8 heteroatoms. The number of methoxy groups -OCH3 is 1. The molecule has 35 heavy (non-hydrogen) atoms. The lowest BCUT2D eigenvalue weighted by Gasteiger charge is -2.13. The number of carbonyl (C=O) groups is 3. The van der Waals surface area contributed by atoms with Gasteiger partial charge in [-0.05, 0) is 56.5 Å². The lowest BCUT2D eigenvalue weighted by molar-refractivity contribution is -0.116. The van der Waals surface area contributed by atoms with Gasteiger partial charge in [-0.2, -0.15) is 5.10 Å². The molecule has 0 unspecified atom stereocenters. The Morgan fingerprint density at radius 2 is 1.69 bits per heavy atom. The molecule has 0 radical (unpaired) electrons. The van der Waals surface area contributed by atoms with Crippen LogP contribution < -0.4 is 10.1 Å². The van der Waals surface area contributed by atoms with Crippen molar-refractivity contribution in [3.63, 3.8) is 0 Å². The van der Waals surface area contributed by atoms with E-state index in [1.807, 2.05) is 42.8 Å². The van der Waals surface area contributed by atoms with Gasteiger partial charge in [0.25, 0.3) is 11.8 Å². The van der Waals surface area contributed by atoms with E-state index in [2.05, 4.69) is 10.4 Å². The van der Waals surface area contributed by atoms with Crippen LogP contribution in [-0.2, 0) is 11.3 Å². The molecule has 1 N–H and O–H groups in total. The first-order valence-corrected chi connectivity index (χ1v) is 11.8. The summed E-state index contributed by atoms with van der Waals surface area (Å²) in [7, 11) is 1.64. The number of hydrogen-bond donors (Lipinski definition) is 1. The summed E-state index contributed by atoms with van der Waals surface area (Å²) in [6.45, 7) is 4.77. The maximum Gasteiger partial charge on any atom is 0.261 e. The van der Waals surface area contributed by atoms with Crippen LogP contribution in [0.2, 0.25) is 0 Å². The summed E-state index contributed by atoms with van der Waals surface area (Å²) < 4.78 is 7.17. The summed E-state index contributed by atoms with van der Waals surface area (Å²) in [4.78, 5) is 38.7. The molecule has 1 aliphatic heterocycles. The van der Waals surface area contributed by atoms with E-state index in [1.54, 1.807) is 31.4 Å². The third-order valence-electron chi connectivity index (χ3n) is 6.28. The number of carbonyl (C=O) groups excluding carboxylic acids is 3. The Labute approximate surface area is 204 Å². The average Bonchev–Trinajstić information content (AvgIpc) is 3.26. The van der Waals surface area contributed by atoms with Gasteiger partial charge in [0.05, 0.1) is 41.9 Å². The van der Waals surface area contributed by atoms with Crippen molar-refractivity contribution in [2.45, 2.75) is 46.1 Å². The van der Waals surface area contributed by atoms with E-state index in [0.717, 1.165) is 34.8 Å². The van der Waals surface area contributed by atoms with Gasteiger partial charge in [0.15, 0.2) is 0 Å². The Kier molecular flexibility index (Phi) is 7.29. The molecule has 0 aliphatic carbocycles. The maximum absolute atomic E-state index is 12.6. The minimum Gasteiger partial charge on any atom is -0.497 e. The van der Waals surface area contributed by atoms with Crippen LogP contribution in [0, 0.1) is 13.8 Å². The SMILES string of the molecule is COc1cccc(Cn2nc(C)c(NC(=O)CCCCCN3C(=O)c4ccccc4C3=O)c2C)c1. The molecule has 0 bridgehead atoms.